The van der Waals surface area contributed by atoms with Crippen LogP contribution in [0.4, 0.5) is 24.7 Å². The number of aldehydes is 1. The van der Waals surface area contributed by atoms with Crippen molar-refractivity contribution in [2.24, 2.45) is 5.92 Å². The number of carbonyl (C=O) groups is 2. The topological polar surface area (TPSA) is 124 Å². The Kier molecular flexibility index (Phi) is 6.99. The molecule has 32 heavy (non-hydrogen) atoms. The first-order valence-corrected chi connectivity index (χ1v) is 9.69. The second-order valence-corrected chi connectivity index (χ2v) is 7.48. The van der Waals surface area contributed by atoms with E-state index < -0.39 is 18.8 Å². The summed E-state index contributed by atoms with van der Waals surface area (Å²) in [6.45, 7) is -1.41. The number of halogens is 3. The molecule has 1 fully saturated rings. The molecular formula is C20H20F3N7O2. The van der Waals surface area contributed by atoms with Crippen LogP contribution in [0, 0.1) is 17.2 Å². The van der Waals surface area contributed by atoms with Gasteiger partial charge < -0.3 is 15.4 Å². The molecule has 0 aromatic carbocycles. The highest BCUT2D eigenvalue weighted by molar-refractivity contribution is 5.93. The van der Waals surface area contributed by atoms with E-state index in [9.17, 15) is 28.0 Å². The number of pyridine rings is 1. The van der Waals surface area contributed by atoms with Gasteiger partial charge in [-0.05, 0) is 26.0 Å². The molecule has 168 valence electrons. The molecule has 9 nitrogen and oxygen atoms in total. The lowest BCUT2D eigenvalue weighted by molar-refractivity contribution is -0.143. The zero-order valence-electron chi connectivity index (χ0n) is 17.1. The fourth-order valence-electron chi connectivity index (χ4n) is 2.95. The third kappa shape index (κ3) is 6.45. The minimum Gasteiger partial charge on any atom is -0.372 e. The maximum absolute atomic E-state index is 12.5. The molecule has 1 unspecified atom stereocenters. The Hall–Kier alpha value is -3.59. The van der Waals surface area contributed by atoms with Gasteiger partial charge in [-0.2, -0.15) is 18.4 Å². The number of nitrogens with one attached hydrogen (secondary N) is 2. The number of anilines is 2. The molecule has 2 aromatic heterocycles. The van der Waals surface area contributed by atoms with Crippen LogP contribution in [0.2, 0.25) is 0 Å². The highest BCUT2D eigenvalue weighted by Crippen LogP contribution is 2.30. The zero-order valence-corrected chi connectivity index (χ0v) is 17.1. The van der Waals surface area contributed by atoms with Gasteiger partial charge in [0.2, 0.25) is 5.91 Å². The van der Waals surface area contributed by atoms with Crippen LogP contribution in [-0.2, 0) is 9.59 Å². The third-order valence-corrected chi connectivity index (χ3v) is 4.60. The van der Waals surface area contributed by atoms with Crippen molar-refractivity contribution in [3.63, 3.8) is 0 Å². The van der Waals surface area contributed by atoms with Gasteiger partial charge in [0.25, 0.3) is 0 Å². The van der Waals surface area contributed by atoms with Crippen molar-refractivity contribution >= 4 is 23.7 Å². The molecule has 2 heterocycles. The number of carbonyl (C=O) groups excluding carboxylic acids is 2. The van der Waals surface area contributed by atoms with Crippen LogP contribution < -0.4 is 10.6 Å². The Morgan fingerprint density at radius 3 is 2.62 bits per heavy atom. The van der Waals surface area contributed by atoms with Crippen LogP contribution in [0.3, 0.4) is 0 Å². The zero-order chi connectivity index (χ0) is 23.3. The van der Waals surface area contributed by atoms with E-state index in [1.807, 2.05) is 6.07 Å². The van der Waals surface area contributed by atoms with Gasteiger partial charge >= 0.3 is 6.18 Å². The molecule has 1 amide bonds. The summed E-state index contributed by atoms with van der Waals surface area (Å²) in [6, 6.07) is 2.39. The van der Waals surface area contributed by atoms with Crippen LogP contribution in [0.15, 0.2) is 24.7 Å². The second-order valence-electron chi connectivity index (χ2n) is 7.48. The molecule has 1 saturated carbocycles. The molecule has 0 spiro atoms. The summed E-state index contributed by atoms with van der Waals surface area (Å²) in [7, 11) is 1.24. The summed E-state index contributed by atoms with van der Waals surface area (Å²) in [4.78, 5) is 36.6. The van der Waals surface area contributed by atoms with Gasteiger partial charge in [0, 0.05) is 24.2 Å². The third-order valence-electron chi connectivity index (χ3n) is 4.60. The second kappa shape index (κ2) is 9.69. The van der Waals surface area contributed by atoms with Crippen molar-refractivity contribution in [3.05, 3.63) is 30.4 Å². The van der Waals surface area contributed by atoms with Crippen molar-refractivity contribution in [2.45, 2.75) is 25.1 Å². The van der Waals surface area contributed by atoms with Crippen LogP contribution >= 0.6 is 0 Å². The van der Waals surface area contributed by atoms with E-state index in [-0.39, 0.29) is 29.8 Å². The van der Waals surface area contributed by atoms with E-state index in [4.69, 9.17) is 0 Å². The van der Waals surface area contributed by atoms with Crippen molar-refractivity contribution in [3.8, 4) is 17.3 Å². The quantitative estimate of drug-likeness (QED) is 0.561. The molecule has 12 heteroatoms. The van der Waals surface area contributed by atoms with Crippen molar-refractivity contribution < 1.29 is 22.8 Å². The fourth-order valence-corrected chi connectivity index (χ4v) is 2.95. The van der Waals surface area contributed by atoms with Gasteiger partial charge in [0.15, 0.2) is 11.5 Å². The molecule has 3 rings (SSSR count). The lowest BCUT2D eigenvalue weighted by Crippen LogP contribution is -2.40. The maximum atomic E-state index is 12.5. The highest BCUT2D eigenvalue weighted by atomic mass is 19.4. The number of amides is 1. The smallest absolute Gasteiger partial charge is 0.372 e. The van der Waals surface area contributed by atoms with Gasteiger partial charge in [-0.25, -0.2) is 9.97 Å². The van der Waals surface area contributed by atoms with Gasteiger partial charge in [0.1, 0.15) is 12.4 Å². The monoisotopic (exact) mass is 447 g/mol. The average molecular weight is 447 g/mol. The van der Waals surface area contributed by atoms with Crippen molar-refractivity contribution in [2.75, 3.05) is 30.8 Å². The van der Waals surface area contributed by atoms with Crippen LogP contribution in [0.5, 0.6) is 0 Å². The molecule has 0 saturated heterocycles. The number of alkyl halides is 3. The fraction of sp³-hybridized carbons (Fsp3) is 0.400. The van der Waals surface area contributed by atoms with Crippen molar-refractivity contribution in [1.82, 2.24) is 19.9 Å². The number of hydrogen-bond donors (Lipinski definition) is 2. The summed E-state index contributed by atoms with van der Waals surface area (Å²) >= 11 is 0. The summed E-state index contributed by atoms with van der Waals surface area (Å²) in [5, 5.41) is 14.7. The summed E-state index contributed by atoms with van der Waals surface area (Å²) in [6.07, 6.45) is 1.99. The predicted molar refractivity (Wildman–Crippen MR) is 108 cm³/mol. The number of aromatic nitrogens is 3. The molecule has 0 aliphatic heterocycles. The summed E-state index contributed by atoms with van der Waals surface area (Å²) in [5.41, 5.74) is 1.01. The Labute approximate surface area is 181 Å². The summed E-state index contributed by atoms with van der Waals surface area (Å²) < 4.78 is 37.6. The Bertz CT molecular complexity index is 1020. The van der Waals surface area contributed by atoms with Gasteiger partial charge in [-0.1, -0.05) is 0 Å². The maximum Gasteiger partial charge on any atom is 0.401 e. The van der Waals surface area contributed by atoms with Gasteiger partial charge in [-0.15, -0.1) is 0 Å². The van der Waals surface area contributed by atoms with Crippen LogP contribution in [-0.4, -0.2) is 64.4 Å². The van der Waals surface area contributed by atoms with E-state index >= 15 is 0 Å². The predicted octanol–water partition coefficient (Wildman–Crippen LogP) is 2.23. The number of nitriles is 1. The largest absolute Gasteiger partial charge is 0.401 e. The Morgan fingerprint density at radius 2 is 2.06 bits per heavy atom. The molecule has 1 atom stereocenters. The van der Waals surface area contributed by atoms with E-state index in [1.54, 1.807) is 0 Å². The number of hydrogen-bond acceptors (Lipinski definition) is 8. The molecule has 2 aromatic rings. The van der Waals surface area contributed by atoms with Crippen molar-refractivity contribution in [1.29, 1.82) is 5.26 Å². The first-order valence-electron chi connectivity index (χ1n) is 9.69. The van der Waals surface area contributed by atoms with Crippen LogP contribution in [0.1, 0.15) is 18.5 Å². The molecule has 1 aliphatic carbocycles. The minimum absolute atomic E-state index is 0.0220. The lowest BCUT2D eigenvalue weighted by atomic mass is 10.1. The first-order chi connectivity index (χ1) is 15.2. The molecule has 0 bridgehead atoms. The average Bonchev–Trinajstić information content (AvgIpc) is 3.58. The van der Waals surface area contributed by atoms with Crippen LogP contribution in [0.25, 0.3) is 11.3 Å². The Balaban J connectivity index is 1.73. The Morgan fingerprint density at radius 1 is 1.31 bits per heavy atom. The van der Waals surface area contributed by atoms with Gasteiger partial charge in [-0.3, -0.25) is 14.7 Å². The minimum atomic E-state index is -4.40. The van der Waals surface area contributed by atoms with Gasteiger partial charge in [0.05, 0.1) is 36.4 Å². The molecule has 2 N–H and O–H groups in total. The molecule has 0 radical (unpaired) electrons. The number of rotatable bonds is 9. The van der Waals surface area contributed by atoms with E-state index in [2.05, 4.69) is 25.6 Å². The number of likely N-dealkylation sites (N-methyl/N-ethyl adjacent to an activating group) is 1. The number of nitrogens with zero attached hydrogens (tertiary/aromatic N) is 5. The first kappa shape index (κ1) is 23.1. The highest BCUT2D eigenvalue weighted by Gasteiger charge is 2.30. The van der Waals surface area contributed by atoms with E-state index in [1.165, 1.54) is 31.7 Å². The molecule has 1 aliphatic rings. The van der Waals surface area contributed by atoms with E-state index in [0.29, 0.717) is 23.4 Å². The normalized spacial score (nSPS) is 14.5. The van der Waals surface area contributed by atoms with E-state index in [0.717, 1.165) is 17.7 Å². The molecular weight excluding hydrogens is 427 g/mol. The lowest BCUT2D eigenvalue weighted by Gasteiger charge is -2.23. The SMILES string of the molecule is CN(CC(C=O)Nc1cc(-c2cnc(NC(=O)C3CC3)cn2)cnc1C#N)CC(F)(F)F. The standard InChI is InChI=1S/C20H20F3N7O2/c1-30(11-20(21,22)23)9-14(10-31)28-15-4-13(6-25-16(15)5-24)17-7-27-18(8-26-17)29-19(32)12-2-3-12/h4,6-8,10,12,14,28H,2-3,9,11H2,1H3,(H,27,29,32). The summed E-state index contributed by atoms with van der Waals surface area (Å²) in [5.74, 6) is 0.224.